The van der Waals surface area contributed by atoms with Gasteiger partial charge in [0.05, 0.1) is 25.7 Å². The normalized spacial score (nSPS) is 17.9. The van der Waals surface area contributed by atoms with Gasteiger partial charge in [0.15, 0.2) is 22.8 Å². The number of pyridine rings is 1. The summed E-state index contributed by atoms with van der Waals surface area (Å²) in [4.78, 5) is 26.3. The molecule has 2 aliphatic rings. The first-order valence-corrected chi connectivity index (χ1v) is 12.9. The van der Waals surface area contributed by atoms with E-state index in [0.717, 1.165) is 62.5 Å². The number of hydrogen-bond donors (Lipinski definition) is 1. The second-order valence-corrected chi connectivity index (χ2v) is 10.6. The van der Waals surface area contributed by atoms with Gasteiger partial charge in [0, 0.05) is 60.3 Å². The molecule has 2 fully saturated rings. The first kappa shape index (κ1) is 22.4. The minimum atomic E-state index is 0.0981. The molecule has 6 heterocycles. The zero-order valence-corrected chi connectivity index (χ0v) is 20.6. The number of aromatic nitrogens is 5. The lowest BCUT2D eigenvalue weighted by molar-refractivity contribution is 0.122. The molecule has 0 saturated carbocycles. The third kappa shape index (κ3) is 4.61. The van der Waals surface area contributed by atoms with Crippen molar-refractivity contribution in [3.8, 4) is 17.1 Å². The number of piperidine rings is 1. The van der Waals surface area contributed by atoms with Crippen molar-refractivity contribution >= 4 is 28.3 Å². The lowest BCUT2D eigenvalue weighted by atomic mass is 10.0. The SMILES string of the molecule is Cc1ccc(CN2CCC(n3cnc4c(N5CCOCC5)nc(-c5cncc(O)c5)nc43)CC2)s1. The first-order valence-electron chi connectivity index (χ1n) is 12.1. The average molecular weight is 492 g/mol. The standard InChI is InChI=1S/C25H29N7O2S/c1-17-2-3-21(35-17)15-30-6-4-19(5-7-30)32-16-27-22-24(31-8-10-34-11-9-31)28-23(29-25(22)32)18-12-20(33)14-26-13-18/h2-3,12-14,16,19,33H,4-11,15H2,1H3. The number of hydrogen-bond acceptors (Lipinski definition) is 9. The van der Waals surface area contributed by atoms with Crippen LogP contribution < -0.4 is 4.90 Å². The van der Waals surface area contributed by atoms with Gasteiger partial charge in [0.1, 0.15) is 5.75 Å². The molecule has 0 atom stereocenters. The fourth-order valence-corrected chi connectivity index (χ4v) is 5.92. The van der Waals surface area contributed by atoms with E-state index in [1.807, 2.05) is 17.7 Å². The van der Waals surface area contributed by atoms with Gasteiger partial charge in [-0.15, -0.1) is 11.3 Å². The Labute approximate surface area is 208 Å². The average Bonchev–Trinajstić information content (AvgIpc) is 3.50. The van der Waals surface area contributed by atoms with Crippen molar-refractivity contribution in [2.45, 2.75) is 32.4 Å². The highest BCUT2D eigenvalue weighted by Gasteiger charge is 2.26. The number of thiophene rings is 1. The molecule has 0 aliphatic carbocycles. The van der Waals surface area contributed by atoms with E-state index >= 15 is 0 Å². The largest absolute Gasteiger partial charge is 0.506 e. The Bertz CT molecular complexity index is 1320. The number of aryl methyl sites for hydroxylation is 1. The minimum absolute atomic E-state index is 0.0981. The predicted molar refractivity (Wildman–Crippen MR) is 136 cm³/mol. The number of rotatable bonds is 5. The van der Waals surface area contributed by atoms with Crippen LogP contribution in [0.4, 0.5) is 5.82 Å². The molecule has 9 nitrogen and oxygen atoms in total. The van der Waals surface area contributed by atoms with E-state index in [4.69, 9.17) is 19.7 Å². The van der Waals surface area contributed by atoms with Gasteiger partial charge < -0.3 is 19.3 Å². The Hall–Kier alpha value is -3.08. The molecule has 4 aromatic rings. The van der Waals surface area contributed by atoms with Crippen molar-refractivity contribution in [2.24, 2.45) is 0 Å². The maximum Gasteiger partial charge on any atom is 0.166 e. The van der Waals surface area contributed by atoms with Gasteiger partial charge in [-0.2, -0.15) is 0 Å². The Kier molecular flexibility index (Phi) is 6.09. The Morgan fingerprint density at radius 2 is 1.91 bits per heavy atom. The second-order valence-electron chi connectivity index (χ2n) is 9.25. The van der Waals surface area contributed by atoms with E-state index in [-0.39, 0.29) is 5.75 Å². The van der Waals surface area contributed by atoms with Gasteiger partial charge >= 0.3 is 0 Å². The molecule has 35 heavy (non-hydrogen) atoms. The molecule has 0 aromatic carbocycles. The number of fused-ring (bicyclic) bond motifs is 1. The molecule has 1 N–H and O–H groups in total. The van der Waals surface area contributed by atoms with Gasteiger partial charge in [0.2, 0.25) is 0 Å². The summed E-state index contributed by atoms with van der Waals surface area (Å²) >= 11 is 1.89. The molecule has 0 radical (unpaired) electrons. The Morgan fingerprint density at radius 3 is 2.66 bits per heavy atom. The molecular formula is C25H29N7O2S. The Morgan fingerprint density at radius 1 is 1.09 bits per heavy atom. The summed E-state index contributed by atoms with van der Waals surface area (Å²) in [6.07, 6.45) is 7.14. The van der Waals surface area contributed by atoms with Gasteiger partial charge in [-0.3, -0.25) is 9.88 Å². The molecule has 4 aromatic heterocycles. The van der Waals surface area contributed by atoms with Gasteiger partial charge in [0.25, 0.3) is 0 Å². The van der Waals surface area contributed by atoms with E-state index < -0.39 is 0 Å². The van der Waals surface area contributed by atoms with E-state index in [9.17, 15) is 5.11 Å². The monoisotopic (exact) mass is 491 g/mol. The molecule has 182 valence electrons. The lowest BCUT2D eigenvalue weighted by Crippen LogP contribution is -2.37. The summed E-state index contributed by atoms with van der Waals surface area (Å²) in [5, 5.41) is 9.99. The number of ether oxygens (including phenoxy) is 1. The van der Waals surface area contributed by atoms with Crippen LogP contribution in [0.15, 0.2) is 36.9 Å². The number of morpholine rings is 1. The first-order chi connectivity index (χ1) is 17.1. The highest BCUT2D eigenvalue weighted by Crippen LogP contribution is 2.32. The third-order valence-electron chi connectivity index (χ3n) is 6.82. The van der Waals surface area contributed by atoms with Gasteiger partial charge in [-0.05, 0) is 38.0 Å². The fraction of sp³-hybridized carbons (Fsp3) is 0.440. The van der Waals surface area contributed by atoms with E-state index in [1.54, 1.807) is 12.3 Å². The minimum Gasteiger partial charge on any atom is -0.506 e. The maximum atomic E-state index is 9.99. The van der Waals surface area contributed by atoms with Crippen molar-refractivity contribution in [3.63, 3.8) is 0 Å². The van der Waals surface area contributed by atoms with Crippen LogP contribution >= 0.6 is 11.3 Å². The lowest BCUT2D eigenvalue weighted by Gasteiger charge is -2.32. The molecule has 0 spiro atoms. The van der Waals surface area contributed by atoms with Crippen molar-refractivity contribution in [2.75, 3.05) is 44.3 Å². The van der Waals surface area contributed by atoms with Crippen LogP contribution in [0.5, 0.6) is 5.75 Å². The molecule has 0 amide bonds. The Balaban J connectivity index is 1.31. The molecule has 6 rings (SSSR count). The van der Waals surface area contributed by atoms with E-state index in [2.05, 4.69) is 38.4 Å². The molecule has 0 unspecified atom stereocenters. The molecule has 2 saturated heterocycles. The van der Waals surface area contributed by atoms with Crippen LogP contribution in [0.3, 0.4) is 0 Å². The van der Waals surface area contributed by atoms with Crippen LogP contribution in [0.2, 0.25) is 0 Å². The number of aromatic hydroxyl groups is 1. The molecule has 0 bridgehead atoms. The van der Waals surface area contributed by atoms with Crippen LogP contribution in [-0.2, 0) is 11.3 Å². The van der Waals surface area contributed by atoms with Gasteiger partial charge in [-0.1, -0.05) is 0 Å². The van der Waals surface area contributed by atoms with E-state index in [0.29, 0.717) is 30.6 Å². The highest BCUT2D eigenvalue weighted by molar-refractivity contribution is 7.11. The summed E-state index contributed by atoms with van der Waals surface area (Å²) in [6.45, 7) is 8.13. The zero-order valence-electron chi connectivity index (χ0n) is 19.8. The quantitative estimate of drug-likeness (QED) is 0.452. The molecule has 2 aliphatic heterocycles. The number of imidazole rings is 1. The number of anilines is 1. The van der Waals surface area contributed by atoms with Crippen LogP contribution in [0.1, 0.15) is 28.6 Å². The third-order valence-corrected chi connectivity index (χ3v) is 7.81. The van der Waals surface area contributed by atoms with Crippen LogP contribution in [-0.4, -0.2) is 73.9 Å². The summed E-state index contributed by atoms with van der Waals surface area (Å²) in [6, 6.07) is 6.44. The van der Waals surface area contributed by atoms with Crippen LogP contribution in [0, 0.1) is 6.92 Å². The predicted octanol–water partition coefficient (Wildman–Crippen LogP) is 3.64. The van der Waals surface area contributed by atoms with Crippen molar-refractivity contribution in [3.05, 3.63) is 46.7 Å². The van der Waals surface area contributed by atoms with E-state index in [1.165, 1.54) is 16.0 Å². The van der Waals surface area contributed by atoms with Gasteiger partial charge in [-0.25, -0.2) is 15.0 Å². The molecule has 10 heteroatoms. The molecular weight excluding hydrogens is 462 g/mol. The smallest absolute Gasteiger partial charge is 0.166 e. The number of nitrogens with zero attached hydrogens (tertiary/aromatic N) is 7. The van der Waals surface area contributed by atoms with Crippen molar-refractivity contribution in [1.82, 2.24) is 29.4 Å². The zero-order chi connectivity index (χ0) is 23.8. The van der Waals surface area contributed by atoms with Crippen LogP contribution in [0.25, 0.3) is 22.6 Å². The summed E-state index contributed by atoms with van der Waals surface area (Å²) in [5.41, 5.74) is 2.35. The van der Waals surface area contributed by atoms with Crippen molar-refractivity contribution < 1.29 is 9.84 Å². The topological polar surface area (TPSA) is 92.4 Å². The fourth-order valence-electron chi connectivity index (χ4n) is 4.99. The summed E-state index contributed by atoms with van der Waals surface area (Å²) < 4.78 is 7.79. The maximum absolute atomic E-state index is 9.99. The highest BCUT2D eigenvalue weighted by atomic mass is 32.1. The number of likely N-dealkylation sites (tertiary alicyclic amines) is 1. The summed E-state index contributed by atoms with van der Waals surface area (Å²) in [7, 11) is 0. The van der Waals surface area contributed by atoms with Crippen molar-refractivity contribution in [1.29, 1.82) is 0 Å². The summed E-state index contributed by atoms with van der Waals surface area (Å²) in [5.74, 6) is 1.47. The second kappa shape index (κ2) is 9.52.